The van der Waals surface area contributed by atoms with Gasteiger partial charge in [0.2, 0.25) is 10.0 Å². The van der Waals surface area contributed by atoms with E-state index >= 15 is 0 Å². The topological polar surface area (TPSA) is 119 Å². The normalized spacial score (nSPS) is 14.4. The Hall–Kier alpha value is -3.24. The van der Waals surface area contributed by atoms with Crippen LogP contribution < -0.4 is 5.32 Å². The minimum atomic E-state index is -3.60. The molecule has 0 radical (unpaired) electrons. The largest absolute Gasteiger partial charge is 0.465 e. The van der Waals surface area contributed by atoms with Gasteiger partial charge in [0.05, 0.1) is 28.8 Å². The van der Waals surface area contributed by atoms with E-state index in [2.05, 4.69) is 10.1 Å². The van der Waals surface area contributed by atoms with Crippen molar-refractivity contribution in [2.75, 3.05) is 32.1 Å². The number of para-hydroxylation sites is 1. The number of methoxy groups -OCH3 is 1. The molecule has 32 heavy (non-hydrogen) atoms. The van der Waals surface area contributed by atoms with E-state index in [0.717, 1.165) is 19.3 Å². The summed E-state index contributed by atoms with van der Waals surface area (Å²) in [5.41, 5.74) is 0.512. The number of esters is 2. The molecule has 2 aromatic rings. The summed E-state index contributed by atoms with van der Waals surface area (Å²) >= 11 is 0. The van der Waals surface area contributed by atoms with Gasteiger partial charge in [0, 0.05) is 13.1 Å². The number of nitrogens with zero attached hydrogens (tertiary/aromatic N) is 1. The van der Waals surface area contributed by atoms with E-state index in [1.807, 2.05) is 0 Å². The van der Waals surface area contributed by atoms with Gasteiger partial charge in [0.25, 0.3) is 5.91 Å². The number of piperidine rings is 1. The fourth-order valence-corrected chi connectivity index (χ4v) is 4.82. The quantitative estimate of drug-likeness (QED) is 0.630. The molecular weight excluding hydrogens is 436 g/mol. The van der Waals surface area contributed by atoms with Crippen LogP contribution in [0.25, 0.3) is 0 Å². The summed E-state index contributed by atoms with van der Waals surface area (Å²) in [6.07, 6.45) is 2.67. The average Bonchev–Trinajstić information content (AvgIpc) is 2.83. The summed E-state index contributed by atoms with van der Waals surface area (Å²) in [5.74, 6) is -2.03. The zero-order valence-electron chi connectivity index (χ0n) is 17.6. The fraction of sp³-hybridized carbons (Fsp3) is 0.318. The monoisotopic (exact) mass is 460 g/mol. The van der Waals surface area contributed by atoms with Crippen LogP contribution in [0.15, 0.2) is 53.4 Å². The zero-order chi connectivity index (χ0) is 23.1. The van der Waals surface area contributed by atoms with Gasteiger partial charge in [-0.25, -0.2) is 18.0 Å². The second kappa shape index (κ2) is 10.4. The molecule has 170 valence electrons. The van der Waals surface area contributed by atoms with Gasteiger partial charge >= 0.3 is 11.9 Å². The van der Waals surface area contributed by atoms with Crippen molar-refractivity contribution in [3.63, 3.8) is 0 Å². The zero-order valence-corrected chi connectivity index (χ0v) is 18.4. The van der Waals surface area contributed by atoms with Gasteiger partial charge in [-0.3, -0.25) is 4.79 Å². The third-order valence-electron chi connectivity index (χ3n) is 4.98. The van der Waals surface area contributed by atoms with Crippen LogP contribution >= 0.6 is 0 Å². The number of carbonyl (C=O) groups excluding carboxylic acids is 3. The number of nitrogens with one attached hydrogen (secondary N) is 1. The molecule has 0 spiro atoms. The van der Waals surface area contributed by atoms with E-state index in [1.165, 1.54) is 47.8 Å². The highest BCUT2D eigenvalue weighted by Gasteiger charge is 2.26. The third-order valence-corrected chi connectivity index (χ3v) is 6.90. The van der Waals surface area contributed by atoms with E-state index in [0.29, 0.717) is 13.1 Å². The summed E-state index contributed by atoms with van der Waals surface area (Å²) in [7, 11) is -2.37. The van der Waals surface area contributed by atoms with Crippen molar-refractivity contribution < 1.29 is 32.3 Å². The molecule has 0 unspecified atom stereocenters. The summed E-state index contributed by atoms with van der Waals surface area (Å²) in [6.45, 7) is 0.392. The van der Waals surface area contributed by atoms with Crippen LogP contribution in [0.5, 0.6) is 0 Å². The van der Waals surface area contributed by atoms with Crippen molar-refractivity contribution in [3.05, 3.63) is 59.7 Å². The maximum Gasteiger partial charge on any atom is 0.339 e. The summed E-state index contributed by atoms with van der Waals surface area (Å²) in [6, 6.07) is 11.7. The number of hydrogen-bond acceptors (Lipinski definition) is 7. The highest BCUT2D eigenvalue weighted by Crippen LogP contribution is 2.21. The van der Waals surface area contributed by atoms with Crippen LogP contribution in [0.2, 0.25) is 0 Å². The molecule has 3 rings (SSSR count). The van der Waals surface area contributed by atoms with Gasteiger partial charge in [-0.05, 0) is 49.2 Å². The van der Waals surface area contributed by atoms with Gasteiger partial charge in [0.1, 0.15) is 0 Å². The van der Waals surface area contributed by atoms with Crippen LogP contribution in [0.1, 0.15) is 40.0 Å². The predicted octanol–water partition coefficient (Wildman–Crippen LogP) is 2.44. The molecule has 0 aromatic heterocycles. The van der Waals surface area contributed by atoms with Crippen molar-refractivity contribution in [1.29, 1.82) is 0 Å². The van der Waals surface area contributed by atoms with Crippen LogP contribution in [0.4, 0.5) is 5.69 Å². The second-order valence-corrected chi connectivity index (χ2v) is 9.09. The smallest absolute Gasteiger partial charge is 0.339 e. The lowest BCUT2D eigenvalue weighted by Gasteiger charge is -2.25. The Balaban J connectivity index is 1.58. The number of benzene rings is 2. The SMILES string of the molecule is COC(=O)c1ccccc1NC(=O)COC(=O)c1ccc(S(=O)(=O)N2CCCCC2)cc1. The van der Waals surface area contributed by atoms with Crippen molar-refractivity contribution >= 4 is 33.6 Å². The molecule has 0 atom stereocenters. The first kappa shape index (κ1) is 23.4. The third kappa shape index (κ3) is 5.51. The number of carbonyl (C=O) groups is 3. The molecule has 1 aliphatic heterocycles. The molecule has 1 amide bonds. The molecule has 1 N–H and O–H groups in total. The fourth-order valence-electron chi connectivity index (χ4n) is 3.30. The highest BCUT2D eigenvalue weighted by atomic mass is 32.2. The molecule has 1 heterocycles. The molecule has 9 nitrogen and oxygen atoms in total. The van der Waals surface area contributed by atoms with E-state index < -0.39 is 34.5 Å². The van der Waals surface area contributed by atoms with Crippen molar-refractivity contribution in [1.82, 2.24) is 4.31 Å². The predicted molar refractivity (Wildman–Crippen MR) is 116 cm³/mol. The molecule has 1 saturated heterocycles. The van der Waals surface area contributed by atoms with Gasteiger partial charge in [0.15, 0.2) is 6.61 Å². The van der Waals surface area contributed by atoms with Crippen LogP contribution in [-0.2, 0) is 24.3 Å². The van der Waals surface area contributed by atoms with Crippen molar-refractivity contribution in [3.8, 4) is 0 Å². The van der Waals surface area contributed by atoms with Crippen molar-refractivity contribution in [2.24, 2.45) is 0 Å². The minimum absolute atomic E-state index is 0.105. The van der Waals surface area contributed by atoms with Gasteiger partial charge in [-0.2, -0.15) is 4.31 Å². The summed E-state index contributed by atoms with van der Waals surface area (Å²) < 4.78 is 36.5. The van der Waals surface area contributed by atoms with E-state index in [1.54, 1.807) is 12.1 Å². The van der Waals surface area contributed by atoms with Crippen molar-refractivity contribution in [2.45, 2.75) is 24.2 Å². The first-order valence-corrected chi connectivity index (χ1v) is 11.5. The van der Waals surface area contributed by atoms with Crippen LogP contribution in [0.3, 0.4) is 0 Å². The maximum atomic E-state index is 12.7. The number of sulfonamides is 1. The molecular formula is C22H24N2O7S. The number of ether oxygens (including phenoxy) is 2. The maximum absolute atomic E-state index is 12.7. The van der Waals surface area contributed by atoms with E-state index in [4.69, 9.17) is 4.74 Å². The molecule has 0 saturated carbocycles. The van der Waals surface area contributed by atoms with E-state index in [-0.39, 0.29) is 21.7 Å². The second-order valence-electron chi connectivity index (χ2n) is 7.15. The van der Waals surface area contributed by atoms with Crippen LogP contribution in [-0.4, -0.2) is 57.4 Å². The lowest BCUT2D eigenvalue weighted by atomic mass is 10.2. The first-order valence-electron chi connectivity index (χ1n) is 10.1. The Bertz CT molecular complexity index is 1090. The number of hydrogen-bond donors (Lipinski definition) is 1. The molecule has 2 aromatic carbocycles. The highest BCUT2D eigenvalue weighted by molar-refractivity contribution is 7.89. The Morgan fingerprint density at radius 3 is 2.25 bits per heavy atom. The van der Waals surface area contributed by atoms with Gasteiger partial charge < -0.3 is 14.8 Å². The Labute approximate surface area is 186 Å². The standard InChI is InChI=1S/C22H24N2O7S/c1-30-22(27)18-7-3-4-8-19(18)23-20(25)15-31-21(26)16-9-11-17(12-10-16)32(28,29)24-13-5-2-6-14-24/h3-4,7-12H,2,5-6,13-15H2,1H3,(H,23,25). The molecule has 0 bridgehead atoms. The Morgan fingerprint density at radius 2 is 1.59 bits per heavy atom. The molecule has 10 heteroatoms. The van der Waals surface area contributed by atoms with Crippen LogP contribution in [0, 0.1) is 0 Å². The number of rotatable bonds is 7. The molecule has 1 aliphatic rings. The first-order chi connectivity index (χ1) is 15.3. The van der Waals surface area contributed by atoms with Gasteiger partial charge in [-0.15, -0.1) is 0 Å². The summed E-state index contributed by atoms with van der Waals surface area (Å²) in [4.78, 5) is 36.3. The Kier molecular flexibility index (Phi) is 7.60. The molecule has 0 aliphatic carbocycles. The number of anilines is 1. The Morgan fingerprint density at radius 1 is 0.938 bits per heavy atom. The minimum Gasteiger partial charge on any atom is -0.465 e. The van der Waals surface area contributed by atoms with E-state index in [9.17, 15) is 22.8 Å². The average molecular weight is 461 g/mol. The molecule has 1 fully saturated rings. The van der Waals surface area contributed by atoms with Gasteiger partial charge in [-0.1, -0.05) is 18.6 Å². The summed E-state index contributed by atoms with van der Waals surface area (Å²) in [5, 5.41) is 2.50. The lowest BCUT2D eigenvalue weighted by Crippen LogP contribution is -2.35. The lowest BCUT2D eigenvalue weighted by molar-refractivity contribution is -0.119. The number of amides is 1.